The Morgan fingerprint density at radius 3 is 1.71 bits per heavy atom. The first-order valence-electron chi connectivity index (χ1n) is 9.70. The van der Waals surface area contributed by atoms with Gasteiger partial charge in [-0.3, -0.25) is 0 Å². The quantitative estimate of drug-likeness (QED) is 0.315. The Bertz CT molecular complexity index is 718. The molecule has 1 rings (SSSR count). The van der Waals surface area contributed by atoms with Gasteiger partial charge in [-0.05, 0) is 45.1 Å². The van der Waals surface area contributed by atoms with Gasteiger partial charge in [0.2, 0.25) is 0 Å². The molecule has 0 bridgehead atoms. The zero-order valence-corrected chi connectivity index (χ0v) is 19.4. The Morgan fingerprint density at radius 2 is 1.25 bits per heavy atom. The van der Waals surface area contributed by atoms with Crippen molar-refractivity contribution in [3.63, 3.8) is 0 Å². The van der Waals surface area contributed by atoms with Gasteiger partial charge in [-0.15, -0.1) is 0 Å². The van der Waals surface area contributed by atoms with Crippen LogP contribution in [0.5, 0.6) is 0 Å². The van der Waals surface area contributed by atoms with Crippen LogP contribution in [-0.2, 0) is 33.9 Å². The van der Waals surface area contributed by atoms with Gasteiger partial charge in [-0.1, -0.05) is 0 Å². The van der Waals surface area contributed by atoms with Gasteiger partial charge in [-0.25, -0.2) is 28.1 Å². The van der Waals surface area contributed by atoms with E-state index in [1.165, 1.54) is 14.1 Å². The molecule has 0 aromatic carbocycles. The summed E-state index contributed by atoms with van der Waals surface area (Å²) in [6, 6.07) is 0.774. The number of aromatic nitrogens is 3. The number of rotatable bonds is 14. The summed E-state index contributed by atoms with van der Waals surface area (Å²) in [5.74, 6) is 1.73. The Kier molecular flexibility index (Phi) is 11.0. The van der Waals surface area contributed by atoms with Crippen LogP contribution < -0.4 is 17.1 Å². The van der Waals surface area contributed by atoms with E-state index in [4.69, 9.17) is 13.3 Å². The number of hydrogen-bond acceptors (Lipinski definition) is 7. The summed E-state index contributed by atoms with van der Waals surface area (Å²) in [6.45, 7) is 7.84. The fraction of sp³-hybridized carbons (Fsp3) is 0.824. The summed E-state index contributed by atoms with van der Waals surface area (Å²) in [7, 11) is 0.166. The van der Waals surface area contributed by atoms with E-state index in [0.29, 0.717) is 32.8 Å². The van der Waals surface area contributed by atoms with Crippen molar-refractivity contribution in [2.24, 2.45) is 14.1 Å². The zero-order valence-electron chi connectivity index (χ0n) is 17.6. The third-order valence-corrected chi connectivity index (χ3v) is 8.45. The summed E-state index contributed by atoms with van der Waals surface area (Å²) < 4.78 is 20.5. The molecule has 0 saturated carbocycles. The molecule has 162 valence electrons. The highest BCUT2D eigenvalue weighted by Gasteiger charge is 2.39. The van der Waals surface area contributed by atoms with E-state index in [-0.39, 0.29) is 0 Å². The van der Waals surface area contributed by atoms with Crippen LogP contribution in [0.2, 0.25) is 6.04 Å². The highest BCUT2D eigenvalue weighted by Crippen LogP contribution is 2.20. The van der Waals surface area contributed by atoms with E-state index >= 15 is 0 Å². The molecular weight excluding hydrogens is 402 g/mol. The smallest absolute Gasteiger partial charge is 0.374 e. The highest BCUT2D eigenvalue weighted by molar-refractivity contribution is 7.99. The molecule has 1 heterocycles. The molecule has 1 aromatic rings. The third kappa shape index (κ3) is 6.73. The second kappa shape index (κ2) is 12.4. The number of thioether (sulfide) groups is 1. The molecule has 0 saturated heterocycles. The van der Waals surface area contributed by atoms with Crippen LogP contribution in [0.15, 0.2) is 14.4 Å². The largest absolute Gasteiger partial charge is 0.500 e. The summed E-state index contributed by atoms with van der Waals surface area (Å²) in [5.41, 5.74) is -1.75. The predicted molar refractivity (Wildman–Crippen MR) is 113 cm³/mol. The maximum Gasteiger partial charge on any atom is 0.500 e. The van der Waals surface area contributed by atoms with Gasteiger partial charge >= 0.3 is 25.9 Å². The lowest BCUT2D eigenvalue weighted by molar-refractivity contribution is 0.0712. The van der Waals surface area contributed by atoms with E-state index in [1.807, 2.05) is 20.8 Å². The average molecular weight is 436 g/mol. The molecule has 0 aliphatic carbocycles. The lowest BCUT2D eigenvalue weighted by Crippen LogP contribution is -2.52. The fourth-order valence-corrected chi connectivity index (χ4v) is 6.60. The summed E-state index contributed by atoms with van der Waals surface area (Å²) >= 11 is 1.75. The predicted octanol–water partition coefficient (Wildman–Crippen LogP) is 0.808. The van der Waals surface area contributed by atoms with Crippen molar-refractivity contribution >= 4 is 20.6 Å². The van der Waals surface area contributed by atoms with E-state index in [1.54, 1.807) is 11.8 Å². The van der Waals surface area contributed by atoms with E-state index < -0.39 is 25.9 Å². The Hall–Kier alpha value is -1.14. The molecule has 0 amide bonds. The van der Waals surface area contributed by atoms with Crippen LogP contribution in [0.25, 0.3) is 0 Å². The zero-order chi connectivity index (χ0) is 21.2. The van der Waals surface area contributed by atoms with Crippen molar-refractivity contribution in [1.29, 1.82) is 0 Å². The third-order valence-electron chi connectivity index (χ3n) is 4.14. The Morgan fingerprint density at radius 1 is 0.786 bits per heavy atom. The van der Waals surface area contributed by atoms with Gasteiger partial charge in [0.05, 0.1) is 0 Å². The van der Waals surface area contributed by atoms with Crippen LogP contribution >= 0.6 is 11.8 Å². The van der Waals surface area contributed by atoms with Crippen molar-refractivity contribution < 1.29 is 13.3 Å². The van der Waals surface area contributed by atoms with Gasteiger partial charge in [-0.2, -0.15) is 11.8 Å². The van der Waals surface area contributed by atoms with Crippen LogP contribution in [0.3, 0.4) is 0 Å². The maximum absolute atomic E-state index is 12.1. The fourth-order valence-electron chi connectivity index (χ4n) is 2.84. The van der Waals surface area contributed by atoms with Gasteiger partial charge in [0.25, 0.3) is 0 Å². The standard InChI is InChI=1S/C17H33N3O6SSi/c1-6-24-28(25-7-2,26-8-3)14-10-13-27-12-9-11-20-16(22)18(4)15(21)19(5)17(20)23/h6-14H2,1-5H3. The van der Waals surface area contributed by atoms with Crippen LogP contribution in [0.1, 0.15) is 33.6 Å². The molecule has 0 N–H and O–H groups in total. The highest BCUT2D eigenvalue weighted by atomic mass is 32.2. The van der Waals surface area contributed by atoms with Crippen LogP contribution in [-0.4, -0.2) is 53.8 Å². The molecule has 0 unspecified atom stereocenters. The van der Waals surface area contributed by atoms with Crippen LogP contribution in [0.4, 0.5) is 0 Å². The molecule has 0 aliphatic rings. The topological polar surface area (TPSA) is 93.7 Å². The molecule has 1 aromatic heterocycles. The SMILES string of the molecule is CCO[Si](CCCSCCCn1c(=O)n(C)c(=O)n(C)c1=O)(OCC)OCC. The first-order chi connectivity index (χ1) is 13.3. The monoisotopic (exact) mass is 435 g/mol. The van der Waals surface area contributed by atoms with Gasteiger partial charge in [0, 0.05) is 46.5 Å². The van der Waals surface area contributed by atoms with E-state index in [9.17, 15) is 14.4 Å². The first kappa shape index (κ1) is 24.9. The normalized spacial score (nSPS) is 11.9. The molecule has 0 fully saturated rings. The molecule has 0 radical (unpaired) electrons. The minimum absolute atomic E-state index is 0.294. The molecular formula is C17H33N3O6SSi. The molecule has 28 heavy (non-hydrogen) atoms. The van der Waals surface area contributed by atoms with Crippen molar-refractivity contribution in [2.45, 2.75) is 46.2 Å². The number of nitrogens with zero attached hydrogens (tertiary/aromatic N) is 3. The minimum atomic E-state index is -2.58. The van der Waals surface area contributed by atoms with Gasteiger partial charge in [0.1, 0.15) is 0 Å². The molecule has 0 atom stereocenters. The average Bonchev–Trinajstić information content (AvgIpc) is 2.67. The molecule has 9 nitrogen and oxygen atoms in total. The maximum atomic E-state index is 12.1. The lowest BCUT2D eigenvalue weighted by Gasteiger charge is -2.28. The number of hydrogen-bond donors (Lipinski definition) is 0. The van der Waals surface area contributed by atoms with Crippen molar-refractivity contribution in [2.75, 3.05) is 31.3 Å². The van der Waals surface area contributed by atoms with Gasteiger partial charge in [0.15, 0.2) is 0 Å². The summed E-state index contributed by atoms with van der Waals surface area (Å²) in [4.78, 5) is 35.9. The molecule has 0 aliphatic heterocycles. The van der Waals surface area contributed by atoms with E-state index in [0.717, 1.165) is 37.7 Å². The van der Waals surface area contributed by atoms with Gasteiger partial charge < -0.3 is 13.3 Å². The second-order valence-corrected chi connectivity index (χ2v) is 10.1. The first-order valence-corrected chi connectivity index (χ1v) is 12.8. The molecule has 0 spiro atoms. The minimum Gasteiger partial charge on any atom is -0.374 e. The van der Waals surface area contributed by atoms with Crippen molar-refractivity contribution in [3.8, 4) is 0 Å². The van der Waals surface area contributed by atoms with E-state index in [2.05, 4.69) is 0 Å². The summed E-state index contributed by atoms with van der Waals surface area (Å²) in [6.07, 6.45) is 1.58. The second-order valence-electron chi connectivity index (χ2n) is 6.17. The molecule has 11 heteroatoms. The summed E-state index contributed by atoms with van der Waals surface area (Å²) in [5, 5.41) is 0. The van der Waals surface area contributed by atoms with Crippen molar-refractivity contribution in [1.82, 2.24) is 13.7 Å². The van der Waals surface area contributed by atoms with Crippen LogP contribution in [0, 0.1) is 0 Å². The Balaban J connectivity index is 2.47. The van der Waals surface area contributed by atoms with Crippen molar-refractivity contribution in [3.05, 3.63) is 31.5 Å². The Labute approximate surface area is 171 Å². The lowest BCUT2D eigenvalue weighted by atomic mass is 10.5.